The van der Waals surface area contributed by atoms with Crippen LogP contribution in [0.4, 0.5) is 0 Å². The van der Waals surface area contributed by atoms with E-state index in [4.69, 9.17) is 21.1 Å². The summed E-state index contributed by atoms with van der Waals surface area (Å²) in [6.07, 6.45) is 0. The van der Waals surface area contributed by atoms with Gasteiger partial charge in [0.2, 0.25) is 0 Å². The molecule has 90 valence electrons. The molecule has 0 amide bonds. The zero-order valence-electron chi connectivity index (χ0n) is 9.57. The molecule has 0 saturated heterocycles. The van der Waals surface area contributed by atoms with Gasteiger partial charge in [-0.1, -0.05) is 0 Å². The maximum atomic E-state index is 5.89. The SMILES string of the molecule is COc1ccc(OC)c(-c2ncsc2CCl)c1. The van der Waals surface area contributed by atoms with Crippen LogP contribution in [-0.4, -0.2) is 19.2 Å². The summed E-state index contributed by atoms with van der Waals surface area (Å²) in [5, 5.41) is 0. The van der Waals surface area contributed by atoms with Crippen LogP contribution >= 0.6 is 22.9 Å². The van der Waals surface area contributed by atoms with E-state index < -0.39 is 0 Å². The van der Waals surface area contributed by atoms with Gasteiger partial charge in [0.25, 0.3) is 0 Å². The number of ether oxygens (including phenoxy) is 2. The van der Waals surface area contributed by atoms with Crippen LogP contribution in [0.1, 0.15) is 4.88 Å². The molecule has 17 heavy (non-hydrogen) atoms. The molecule has 0 bridgehead atoms. The molecule has 1 aromatic heterocycles. The Hall–Kier alpha value is -1.26. The van der Waals surface area contributed by atoms with Gasteiger partial charge in [-0.25, -0.2) is 4.98 Å². The second-order valence-corrected chi connectivity index (χ2v) is 4.53. The number of halogens is 1. The minimum Gasteiger partial charge on any atom is -0.497 e. The third kappa shape index (κ3) is 2.37. The van der Waals surface area contributed by atoms with E-state index in [0.29, 0.717) is 5.88 Å². The lowest BCUT2D eigenvalue weighted by Crippen LogP contribution is -1.92. The molecular weight excluding hydrogens is 258 g/mol. The van der Waals surface area contributed by atoms with Crippen molar-refractivity contribution in [2.24, 2.45) is 0 Å². The first-order valence-corrected chi connectivity index (χ1v) is 6.42. The van der Waals surface area contributed by atoms with E-state index in [1.807, 2.05) is 18.2 Å². The number of hydrogen-bond acceptors (Lipinski definition) is 4. The number of rotatable bonds is 4. The Labute approximate surface area is 109 Å². The number of thiazole rings is 1. The van der Waals surface area contributed by atoms with E-state index >= 15 is 0 Å². The van der Waals surface area contributed by atoms with Crippen LogP contribution in [-0.2, 0) is 5.88 Å². The molecule has 0 aliphatic heterocycles. The van der Waals surface area contributed by atoms with Crippen LogP contribution in [0.5, 0.6) is 11.5 Å². The van der Waals surface area contributed by atoms with Crippen molar-refractivity contribution in [3.63, 3.8) is 0 Å². The van der Waals surface area contributed by atoms with Crippen LogP contribution < -0.4 is 9.47 Å². The summed E-state index contributed by atoms with van der Waals surface area (Å²) in [4.78, 5) is 5.37. The Kier molecular flexibility index (Phi) is 3.86. The molecule has 0 aliphatic carbocycles. The number of alkyl halides is 1. The Morgan fingerprint density at radius 2 is 2.12 bits per heavy atom. The van der Waals surface area contributed by atoms with E-state index in [1.165, 1.54) is 11.3 Å². The zero-order valence-corrected chi connectivity index (χ0v) is 11.1. The van der Waals surface area contributed by atoms with Crippen molar-refractivity contribution in [1.82, 2.24) is 4.98 Å². The highest BCUT2D eigenvalue weighted by molar-refractivity contribution is 7.10. The smallest absolute Gasteiger partial charge is 0.128 e. The fourth-order valence-electron chi connectivity index (χ4n) is 1.58. The van der Waals surface area contributed by atoms with Gasteiger partial charge in [-0.05, 0) is 18.2 Å². The molecule has 2 aromatic rings. The average Bonchev–Trinajstić information content (AvgIpc) is 2.86. The van der Waals surface area contributed by atoms with Gasteiger partial charge in [-0.3, -0.25) is 0 Å². The summed E-state index contributed by atoms with van der Waals surface area (Å²) in [5.41, 5.74) is 3.55. The first-order chi connectivity index (χ1) is 8.30. The summed E-state index contributed by atoms with van der Waals surface area (Å²) in [7, 11) is 3.27. The van der Waals surface area contributed by atoms with E-state index in [0.717, 1.165) is 27.6 Å². The zero-order chi connectivity index (χ0) is 12.3. The summed E-state index contributed by atoms with van der Waals surface area (Å²) in [5.74, 6) is 1.98. The molecule has 5 heteroatoms. The van der Waals surface area contributed by atoms with Gasteiger partial charge < -0.3 is 9.47 Å². The maximum Gasteiger partial charge on any atom is 0.128 e. The van der Waals surface area contributed by atoms with Gasteiger partial charge in [0.05, 0.1) is 31.3 Å². The fourth-order valence-corrected chi connectivity index (χ4v) is 2.52. The molecule has 0 saturated carbocycles. The molecule has 0 N–H and O–H groups in total. The second-order valence-electron chi connectivity index (χ2n) is 3.32. The van der Waals surface area contributed by atoms with Crippen molar-refractivity contribution < 1.29 is 9.47 Å². The van der Waals surface area contributed by atoms with Gasteiger partial charge in [-0.15, -0.1) is 22.9 Å². The van der Waals surface area contributed by atoms with Crippen LogP contribution in [0, 0.1) is 0 Å². The second kappa shape index (κ2) is 5.38. The Morgan fingerprint density at radius 1 is 1.29 bits per heavy atom. The van der Waals surface area contributed by atoms with Crippen molar-refractivity contribution in [2.75, 3.05) is 14.2 Å². The van der Waals surface area contributed by atoms with Crippen molar-refractivity contribution in [3.05, 3.63) is 28.6 Å². The summed E-state index contributed by atoms with van der Waals surface area (Å²) in [6, 6.07) is 5.63. The topological polar surface area (TPSA) is 31.4 Å². The minimum absolute atomic E-state index is 0.445. The molecule has 0 atom stereocenters. The lowest BCUT2D eigenvalue weighted by atomic mass is 10.1. The summed E-state index contributed by atoms with van der Waals surface area (Å²) in [6.45, 7) is 0. The molecule has 1 aromatic carbocycles. The maximum absolute atomic E-state index is 5.89. The first-order valence-electron chi connectivity index (χ1n) is 5.01. The molecule has 0 unspecified atom stereocenters. The number of aromatic nitrogens is 1. The predicted octanol–water partition coefficient (Wildman–Crippen LogP) is 3.57. The number of benzene rings is 1. The van der Waals surface area contributed by atoms with Gasteiger partial charge >= 0.3 is 0 Å². The van der Waals surface area contributed by atoms with Crippen molar-refractivity contribution >= 4 is 22.9 Å². The highest BCUT2D eigenvalue weighted by Crippen LogP contribution is 2.36. The Bertz CT molecular complexity index is 513. The molecule has 0 fully saturated rings. The van der Waals surface area contributed by atoms with Crippen LogP contribution in [0.25, 0.3) is 11.3 Å². The predicted molar refractivity (Wildman–Crippen MR) is 70.2 cm³/mol. The summed E-state index contributed by atoms with van der Waals surface area (Å²) >= 11 is 7.43. The third-order valence-electron chi connectivity index (χ3n) is 2.42. The minimum atomic E-state index is 0.445. The van der Waals surface area contributed by atoms with Crippen LogP contribution in [0.3, 0.4) is 0 Å². The molecule has 2 rings (SSSR count). The normalized spacial score (nSPS) is 10.3. The summed E-state index contributed by atoms with van der Waals surface area (Å²) < 4.78 is 10.5. The lowest BCUT2D eigenvalue weighted by molar-refractivity contribution is 0.404. The quantitative estimate of drug-likeness (QED) is 0.795. The standard InChI is InChI=1S/C12H12ClNO2S/c1-15-8-3-4-10(16-2)9(5-8)12-11(6-13)17-7-14-12/h3-5,7H,6H2,1-2H3. The molecule has 0 radical (unpaired) electrons. The monoisotopic (exact) mass is 269 g/mol. The van der Waals surface area contributed by atoms with Gasteiger partial charge in [-0.2, -0.15) is 0 Å². The largest absolute Gasteiger partial charge is 0.497 e. The van der Waals surface area contributed by atoms with Crippen molar-refractivity contribution in [3.8, 4) is 22.8 Å². The Balaban J connectivity index is 2.56. The molecule has 1 heterocycles. The number of methoxy groups -OCH3 is 2. The fraction of sp³-hybridized carbons (Fsp3) is 0.250. The van der Waals surface area contributed by atoms with E-state index in [9.17, 15) is 0 Å². The van der Waals surface area contributed by atoms with E-state index in [2.05, 4.69) is 4.98 Å². The van der Waals surface area contributed by atoms with E-state index in [1.54, 1.807) is 19.7 Å². The van der Waals surface area contributed by atoms with Gasteiger partial charge in [0.15, 0.2) is 0 Å². The lowest BCUT2D eigenvalue weighted by Gasteiger charge is -2.09. The van der Waals surface area contributed by atoms with Crippen LogP contribution in [0.2, 0.25) is 0 Å². The molecule has 3 nitrogen and oxygen atoms in total. The van der Waals surface area contributed by atoms with E-state index in [-0.39, 0.29) is 0 Å². The van der Waals surface area contributed by atoms with Crippen LogP contribution in [0.15, 0.2) is 23.7 Å². The van der Waals surface area contributed by atoms with Crippen molar-refractivity contribution in [2.45, 2.75) is 5.88 Å². The molecule has 0 aliphatic rings. The van der Waals surface area contributed by atoms with Crippen molar-refractivity contribution in [1.29, 1.82) is 0 Å². The van der Waals surface area contributed by atoms with Gasteiger partial charge in [0.1, 0.15) is 11.5 Å². The Morgan fingerprint density at radius 3 is 2.76 bits per heavy atom. The highest BCUT2D eigenvalue weighted by Gasteiger charge is 2.13. The first kappa shape index (κ1) is 12.2. The highest BCUT2D eigenvalue weighted by atomic mass is 35.5. The molecule has 0 spiro atoms. The molecular formula is C12H12ClNO2S. The third-order valence-corrected chi connectivity index (χ3v) is 3.68. The number of hydrogen-bond donors (Lipinski definition) is 0. The van der Waals surface area contributed by atoms with Gasteiger partial charge in [0, 0.05) is 10.4 Å². The number of nitrogens with zero attached hydrogens (tertiary/aromatic N) is 1. The average molecular weight is 270 g/mol.